The van der Waals surface area contributed by atoms with Gasteiger partial charge < -0.3 is 10.6 Å². The Labute approximate surface area is 193 Å². The fourth-order valence-corrected chi connectivity index (χ4v) is 4.35. The van der Waals surface area contributed by atoms with Crippen molar-refractivity contribution in [2.24, 2.45) is 0 Å². The smallest absolute Gasteiger partial charge is 0.325 e. The van der Waals surface area contributed by atoms with Crippen LogP contribution in [-0.4, -0.2) is 31.3 Å². The number of carbonyl (C=O) groups excluding carboxylic acids is 2. The quantitative estimate of drug-likeness (QED) is 0.465. The lowest BCUT2D eigenvalue weighted by Gasteiger charge is -2.17. The van der Waals surface area contributed by atoms with Crippen LogP contribution in [0.15, 0.2) is 78.0 Å². The molecule has 0 radical (unpaired) electrons. The number of carbonyl (C=O) groups is 2. The maximum atomic E-state index is 13.2. The molecule has 1 heterocycles. The van der Waals surface area contributed by atoms with Gasteiger partial charge >= 0.3 is 6.18 Å². The average Bonchev–Trinajstić information content (AvgIpc) is 2.79. The van der Waals surface area contributed by atoms with Crippen LogP contribution in [0, 0.1) is 0 Å². The van der Waals surface area contributed by atoms with Gasteiger partial charge in [-0.3, -0.25) is 14.6 Å². The topological polar surface area (TPSA) is 117 Å². The zero-order valence-electron chi connectivity index (χ0n) is 17.6. The van der Waals surface area contributed by atoms with E-state index in [1.165, 1.54) is 43.6 Å². The molecule has 0 aliphatic heterocycles. The Kier molecular flexibility index (Phi) is 7.32. The molecule has 2 amide bonds. The van der Waals surface area contributed by atoms with Crippen LogP contribution in [0.5, 0.6) is 0 Å². The van der Waals surface area contributed by atoms with E-state index in [4.69, 9.17) is 0 Å². The molecular weight excluding hydrogens is 473 g/mol. The molecule has 0 fully saturated rings. The van der Waals surface area contributed by atoms with Gasteiger partial charge in [0, 0.05) is 29.3 Å². The molecular formula is C22H19F3N4O4S. The van der Waals surface area contributed by atoms with E-state index in [1.54, 1.807) is 12.1 Å². The van der Waals surface area contributed by atoms with Gasteiger partial charge in [0.15, 0.2) is 0 Å². The molecule has 0 spiro atoms. The van der Waals surface area contributed by atoms with Crippen molar-refractivity contribution in [3.63, 3.8) is 0 Å². The minimum Gasteiger partial charge on any atom is -0.325 e. The molecule has 0 saturated heterocycles. The maximum absolute atomic E-state index is 13.2. The Morgan fingerprint density at radius 2 is 1.53 bits per heavy atom. The molecule has 0 saturated carbocycles. The number of nitrogens with one attached hydrogen (secondary N) is 3. The fourth-order valence-electron chi connectivity index (χ4n) is 2.92. The second-order valence-corrected chi connectivity index (χ2v) is 8.78. The molecule has 2 aromatic carbocycles. The number of anilines is 2. The Bertz CT molecular complexity index is 1300. The minimum atomic E-state index is -4.89. The highest BCUT2D eigenvalue weighted by molar-refractivity contribution is 7.89. The molecule has 3 rings (SSSR count). The first kappa shape index (κ1) is 24.9. The summed E-state index contributed by atoms with van der Waals surface area (Å²) in [7, 11) is -4.66. The molecule has 3 N–H and O–H groups in total. The van der Waals surface area contributed by atoms with Crippen LogP contribution in [0.3, 0.4) is 0 Å². The van der Waals surface area contributed by atoms with Crippen LogP contribution in [0.4, 0.5) is 24.5 Å². The van der Waals surface area contributed by atoms with Crippen LogP contribution in [-0.2, 0) is 21.0 Å². The monoisotopic (exact) mass is 492 g/mol. The number of rotatable bonds is 7. The number of amides is 2. The number of sulfonamides is 1. The third-order valence-electron chi connectivity index (χ3n) is 4.54. The van der Waals surface area contributed by atoms with Gasteiger partial charge in [0.25, 0.3) is 5.91 Å². The number of alkyl halides is 3. The third-order valence-corrected chi connectivity index (χ3v) is 6.14. The Morgan fingerprint density at radius 3 is 2.18 bits per heavy atom. The fraction of sp³-hybridized carbons (Fsp3) is 0.136. The van der Waals surface area contributed by atoms with Crippen molar-refractivity contribution in [1.29, 1.82) is 0 Å². The number of pyridine rings is 1. The molecule has 0 aliphatic rings. The van der Waals surface area contributed by atoms with Crippen LogP contribution >= 0.6 is 0 Å². The highest BCUT2D eigenvalue weighted by Crippen LogP contribution is 2.34. The van der Waals surface area contributed by atoms with Gasteiger partial charge in [-0.15, -0.1) is 0 Å². The van der Waals surface area contributed by atoms with E-state index in [0.29, 0.717) is 17.3 Å². The Morgan fingerprint density at radius 1 is 0.912 bits per heavy atom. The molecule has 0 unspecified atom stereocenters. The lowest BCUT2D eigenvalue weighted by atomic mass is 10.2. The highest BCUT2D eigenvalue weighted by Gasteiger charge is 2.37. The lowest BCUT2D eigenvalue weighted by Crippen LogP contribution is -2.42. The standard InChI is InChI=1S/C22H19F3N4O4S/c1-14(29-34(32,33)19-8-3-2-7-18(19)22(23,24)25)20(30)27-16-5-4-6-17(13-16)28-21(31)15-9-11-26-12-10-15/h2-14,29H,1H3,(H,27,30)(H,28,31)/t14-/m0/s1. The van der Waals surface area contributed by atoms with E-state index < -0.39 is 44.5 Å². The van der Waals surface area contributed by atoms with E-state index >= 15 is 0 Å². The first-order chi connectivity index (χ1) is 16.0. The van der Waals surface area contributed by atoms with Crippen LogP contribution in [0.1, 0.15) is 22.8 Å². The van der Waals surface area contributed by atoms with Crippen molar-refractivity contribution < 1.29 is 31.2 Å². The Balaban J connectivity index is 1.69. The predicted octanol–water partition coefficient (Wildman–Crippen LogP) is 3.66. The highest BCUT2D eigenvalue weighted by atomic mass is 32.2. The number of benzene rings is 2. The summed E-state index contributed by atoms with van der Waals surface area (Å²) in [6.45, 7) is 1.19. The van der Waals surface area contributed by atoms with Gasteiger partial charge in [-0.2, -0.15) is 17.9 Å². The summed E-state index contributed by atoms with van der Waals surface area (Å²) in [5.41, 5.74) is -0.384. The zero-order valence-corrected chi connectivity index (χ0v) is 18.4. The van der Waals surface area contributed by atoms with Crippen LogP contribution in [0.2, 0.25) is 0 Å². The van der Waals surface area contributed by atoms with Gasteiger partial charge in [0.2, 0.25) is 15.9 Å². The summed E-state index contributed by atoms with van der Waals surface area (Å²) in [4.78, 5) is 27.6. The molecule has 0 bridgehead atoms. The molecule has 178 valence electrons. The van der Waals surface area contributed by atoms with Crippen molar-refractivity contribution in [3.05, 3.63) is 84.2 Å². The van der Waals surface area contributed by atoms with Gasteiger partial charge in [-0.05, 0) is 49.4 Å². The average molecular weight is 492 g/mol. The summed E-state index contributed by atoms with van der Waals surface area (Å²) >= 11 is 0. The summed E-state index contributed by atoms with van der Waals surface area (Å²) in [6, 6.07) is 11.4. The van der Waals surface area contributed by atoms with Gasteiger partial charge in [-0.25, -0.2) is 8.42 Å². The first-order valence-corrected chi connectivity index (χ1v) is 11.3. The number of nitrogens with zero attached hydrogens (tertiary/aromatic N) is 1. The number of hydrogen-bond donors (Lipinski definition) is 3. The molecule has 1 aromatic heterocycles. The molecule has 1 atom stereocenters. The van der Waals surface area contributed by atoms with E-state index in [0.717, 1.165) is 18.2 Å². The SMILES string of the molecule is C[C@H](NS(=O)(=O)c1ccccc1C(F)(F)F)C(=O)Nc1cccc(NC(=O)c2ccncc2)c1. The molecule has 34 heavy (non-hydrogen) atoms. The molecule has 3 aromatic rings. The maximum Gasteiger partial charge on any atom is 0.417 e. The molecule has 0 aliphatic carbocycles. The zero-order chi connectivity index (χ0) is 24.9. The van der Waals surface area contributed by atoms with Crippen molar-refractivity contribution >= 4 is 33.2 Å². The predicted molar refractivity (Wildman–Crippen MR) is 118 cm³/mol. The minimum absolute atomic E-state index is 0.235. The normalized spacial score (nSPS) is 12.6. The second kappa shape index (κ2) is 10.0. The largest absolute Gasteiger partial charge is 0.417 e. The summed E-state index contributed by atoms with van der Waals surface area (Å²) in [5.74, 6) is -1.22. The van der Waals surface area contributed by atoms with Crippen molar-refractivity contribution in [1.82, 2.24) is 9.71 Å². The van der Waals surface area contributed by atoms with Crippen LogP contribution < -0.4 is 15.4 Å². The number of halogens is 3. The second-order valence-electron chi connectivity index (χ2n) is 7.10. The summed E-state index contributed by atoms with van der Waals surface area (Å²) < 4.78 is 66.6. The lowest BCUT2D eigenvalue weighted by molar-refractivity contribution is -0.139. The summed E-state index contributed by atoms with van der Waals surface area (Å²) in [5, 5.41) is 5.11. The van der Waals surface area contributed by atoms with E-state index in [2.05, 4.69) is 15.6 Å². The molecule has 8 nitrogen and oxygen atoms in total. The Hall–Kier alpha value is -3.77. The number of hydrogen-bond acceptors (Lipinski definition) is 5. The van der Waals surface area contributed by atoms with E-state index in [1.807, 2.05) is 4.72 Å². The van der Waals surface area contributed by atoms with E-state index in [-0.39, 0.29) is 5.69 Å². The molecule has 12 heteroatoms. The van der Waals surface area contributed by atoms with Crippen LogP contribution in [0.25, 0.3) is 0 Å². The van der Waals surface area contributed by atoms with Crippen molar-refractivity contribution in [2.45, 2.75) is 24.0 Å². The number of aromatic nitrogens is 1. The van der Waals surface area contributed by atoms with Gasteiger partial charge in [-0.1, -0.05) is 18.2 Å². The van der Waals surface area contributed by atoms with Gasteiger partial charge in [0.05, 0.1) is 16.5 Å². The first-order valence-electron chi connectivity index (χ1n) is 9.78. The van der Waals surface area contributed by atoms with Gasteiger partial charge in [0.1, 0.15) is 0 Å². The van der Waals surface area contributed by atoms with Crippen molar-refractivity contribution in [3.8, 4) is 0 Å². The van der Waals surface area contributed by atoms with E-state index in [9.17, 15) is 31.2 Å². The summed E-state index contributed by atoms with van der Waals surface area (Å²) in [6.07, 6.45) is -1.97. The van der Waals surface area contributed by atoms with Crippen molar-refractivity contribution in [2.75, 3.05) is 10.6 Å². The third kappa shape index (κ3) is 6.17.